The molecule has 0 radical (unpaired) electrons. The van der Waals surface area contributed by atoms with Gasteiger partial charge in [0.05, 0.1) is 0 Å². The van der Waals surface area contributed by atoms with Gasteiger partial charge >= 0.3 is 0 Å². The lowest BCUT2D eigenvalue weighted by atomic mass is 9.99. The summed E-state index contributed by atoms with van der Waals surface area (Å²) >= 11 is 2.11. The summed E-state index contributed by atoms with van der Waals surface area (Å²) in [4.78, 5) is 2.63. The summed E-state index contributed by atoms with van der Waals surface area (Å²) in [5.41, 5.74) is 4.15. The first-order valence-electron chi connectivity index (χ1n) is 8.01. The first-order valence-corrected chi connectivity index (χ1v) is 9.00. The average molecular weight is 307 g/mol. The fraction of sp³-hybridized carbons (Fsp3) is 0.667. The summed E-state index contributed by atoms with van der Waals surface area (Å²) in [6.07, 6.45) is 1.18. The van der Waals surface area contributed by atoms with E-state index in [1.807, 2.05) is 0 Å². The number of aryl methyl sites for hydroxylation is 2. The van der Waals surface area contributed by atoms with E-state index in [4.69, 9.17) is 0 Å². The van der Waals surface area contributed by atoms with Gasteiger partial charge in [-0.25, -0.2) is 0 Å². The summed E-state index contributed by atoms with van der Waals surface area (Å²) in [6.45, 7) is 12.7. The summed E-state index contributed by atoms with van der Waals surface area (Å²) in [5.74, 6) is 1.26. The van der Waals surface area contributed by atoms with Gasteiger partial charge in [-0.15, -0.1) is 0 Å². The van der Waals surface area contributed by atoms with Crippen LogP contribution < -0.4 is 5.32 Å². The van der Waals surface area contributed by atoms with Crippen molar-refractivity contribution in [3.8, 4) is 0 Å². The molecule has 1 saturated heterocycles. The van der Waals surface area contributed by atoms with E-state index in [2.05, 4.69) is 74.9 Å². The molecule has 0 amide bonds. The fourth-order valence-electron chi connectivity index (χ4n) is 3.31. The van der Waals surface area contributed by atoms with Crippen LogP contribution >= 0.6 is 11.8 Å². The fourth-order valence-corrected chi connectivity index (χ4v) is 4.48. The molecule has 1 N–H and O–H groups in total. The van der Waals surface area contributed by atoms with Gasteiger partial charge in [-0.1, -0.05) is 29.3 Å². The quantitative estimate of drug-likeness (QED) is 0.891. The van der Waals surface area contributed by atoms with Gasteiger partial charge in [0.2, 0.25) is 0 Å². The molecule has 2 rings (SSSR count). The van der Waals surface area contributed by atoms with E-state index in [9.17, 15) is 0 Å². The maximum Gasteiger partial charge on any atom is 0.0329 e. The SMILES string of the molecule is CNC(CCN1CCSC(C)(C)C1)c1cc(C)cc(C)c1. The van der Waals surface area contributed by atoms with E-state index in [1.54, 1.807) is 0 Å². The molecular weight excluding hydrogens is 276 g/mol. The molecule has 0 bridgehead atoms. The second kappa shape index (κ2) is 7.17. The third kappa shape index (κ3) is 5.01. The Balaban J connectivity index is 1.96. The molecule has 0 spiro atoms. The number of benzene rings is 1. The second-order valence-electron chi connectivity index (χ2n) is 6.94. The molecule has 1 heterocycles. The van der Waals surface area contributed by atoms with Gasteiger partial charge in [0.25, 0.3) is 0 Å². The van der Waals surface area contributed by atoms with Gasteiger partial charge in [0, 0.05) is 36.2 Å². The van der Waals surface area contributed by atoms with E-state index in [0.717, 1.165) is 0 Å². The molecule has 3 heteroatoms. The Kier molecular flexibility index (Phi) is 5.75. The lowest BCUT2D eigenvalue weighted by Crippen LogP contribution is -2.44. The van der Waals surface area contributed by atoms with Crippen molar-refractivity contribution < 1.29 is 0 Å². The van der Waals surface area contributed by atoms with Gasteiger partial charge < -0.3 is 10.2 Å². The first kappa shape index (κ1) is 16.9. The molecule has 118 valence electrons. The second-order valence-corrected chi connectivity index (χ2v) is 8.74. The molecule has 2 nitrogen and oxygen atoms in total. The van der Waals surface area contributed by atoms with E-state index in [1.165, 1.54) is 48.5 Å². The van der Waals surface area contributed by atoms with Crippen molar-refractivity contribution in [3.05, 3.63) is 34.9 Å². The van der Waals surface area contributed by atoms with Gasteiger partial charge in [-0.3, -0.25) is 0 Å². The van der Waals surface area contributed by atoms with Crippen LogP contribution in [0.4, 0.5) is 0 Å². The molecular formula is C18H30N2S. The lowest BCUT2D eigenvalue weighted by Gasteiger charge is -2.38. The van der Waals surface area contributed by atoms with Gasteiger partial charge in [0.1, 0.15) is 0 Å². The molecule has 1 atom stereocenters. The number of nitrogens with one attached hydrogen (secondary N) is 1. The highest BCUT2D eigenvalue weighted by atomic mass is 32.2. The van der Waals surface area contributed by atoms with Crippen LogP contribution in [0.5, 0.6) is 0 Å². The zero-order valence-corrected chi connectivity index (χ0v) is 15.0. The predicted molar refractivity (Wildman–Crippen MR) is 95.3 cm³/mol. The molecule has 1 aliphatic rings. The maximum absolute atomic E-state index is 3.50. The Morgan fingerprint density at radius 2 is 1.90 bits per heavy atom. The van der Waals surface area contributed by atoms with Crippen molar-refractivity contribution in [3.63, 3.8) is 0 Å². The Morgan fingerprint density at radius 1 is 1.24 bits per heavy atom. The van der Waals surface area contributed by atoms with Crippen LogP contribution in [0.1, 0.15) is 43.0 Å². The standard InChI is InChI=1S/C18H30N2S/c1-14-10-15(2)12-16(11-14)17(19-5)6-7-20-8-9-21-18(3,4)13-20/h10-12,17,19H,6-9,13H2,1-5H3. The van der Waals surface area contributed by atoms with Crippen molar-refractivity contribution >= 4 is 11.8 Å². The summed E-state index contributed by atoms with van der Waals surface area (Å²) in [7, 11) is 2.08. The highest BCUT2D eigenvalue weighted by Gasteiger charge is 2.27. The summed E-state index contributed by atoms with van der Waals surface area (Å²) in [6, 6.07) is 7.36. The molecule has 0 aromatic heterocycles. The highest BCUT2D eigenvalue weighted by Crippen LogP contribution is 2.30. The minimum absolute atomic E-state index is 0.410. The van der Waals surface area contributed by atoms with Crippen molar-refractivity contribution in [2.24, 2.45) is 0 Å². The van der Waals surface area contributed by atoms with Gasteiger partial charge in [-0.2, -0.15) is 11.8 Å². The first-order chi connectivity index (χ1) is 9.89. The number of thioether (sulfide) groups is 1. The number of hydrogen-bond donors (Lipinski definition) is 1. The molecule has 0 saturated carbocycles. The Labute approximate surface area is 134 Å². The molecule has 1 unspecified atom stereocenters. The monoisotopic (exact) mass is 306 g/mol. The normalized spacial score (nSPS) is 20.4. The van der Waals surface area contributed by atoms with E-state index in [-0.39, 0.29) is 0 Å². The van der Waals surface area contributed by atoms with Crippen LogP contribution in [0.2, 0.25) is 0 Å². The van der Waals surface area contributed by atoms with Crippen molar-refractivity contribution in [2.45, 2.75) is 44.9 Å². The average Bonchev–Trinajstić information content (AvgIpc) is 2.37. The van der Waals surface area contributed by atoms with Crippen molar-refractivity contribution in [2.75, 3.05) is 32.4 Å². The van der Waals surface area contributed by atoms with Crippen LogP contribution in [0, 0.1) is 13.8 Å². The maximum atomic E-state index is 3.50. The molecule has 1 aliphatic heterocycles. The minimum atomic E-state index is 0.410. The third-order valence-electron chi connectivity index (χ3n) is 4.23. The Bertz CT molecular complexity index is 450. The number of hydrogen-bond acceptors (Lipinski definition) is 3. The molecule has 1 aromatic carbocycles. The zero-order chi connectivity index (χ0) is 15.5. The number of nitrogens with zero attached hydrogens (tertiary/aromatic N) is 1. The molecule has 21 heavy (non-hydrogen) atoms. The van der Waals surface area contributed by atoms with Crippen molar-refractivity contribution in [1.29, 1.82) is 0 Å². The summed E-state index contributed by atoms with van der Waals surface area (Å²) in [5, 5.41) is 3.50. The molecule has 1 aromatic rings. The third-order valence-corrected chi connectivity index (χ3v) is 5.53. The minimum Gasteiger partial charge on any atom is -0.313 e. The zero-order valence-electron chi connectivity index (χ0n) is 14.2. The largest absolute Gasteiger partial charge is 0.313 e. The van der Waals surface area contributed by atoms with Crippen LogP contribution in [0.3, 0.4) is 0 Å². The smallest absolute Gasteiger partial charge is 0.0329 e. The molecule has 0 aliphatic carbocycles. The predicted octanol–water partition coefficient (Wildman–Crippen LogP) is 3.78. The topological polar surface area (TPSA) is 15.3 Å². The van der Waals surface area contributed by atoms with Gasteiger partial charge in [0.15, 0.2) is 0 Å². The Hall–Kier alpha value is -0.510. The highest BCUT2D eigenvalue weighted by molar-refractivity contribution is 8.00. The van der Waals surface area contributed by atoms with Crippen molar-refractivity contribution in [1.82, 2.24) is 10.2 Å². The van der Waals surface area contributed by atoms with E-state index < -0.39 is 0 Å². The van der Waals surface area contributed by atoms with Gasteiger partial charge in [-0.05, 0) is 46.7 Å². The van der Waals surface area contributed by atoms with Crippen LogP contribution in [-0.2, 0) is 0 Å². The van der Waals surface area contributed by atoms with Crippen LogP contribution in [0.15, 0.2) is 18.2 Å². The lowest BCUT2D eigenvalue weighted by molar-refractivity contribution is 0.247. The van der Waals surface area contributed by atoms with E-state index in [0.29, 0.717) is 10.8 Å². The molecule has 1 fully saturated rings. The van der Waals surface area contributed by atoms with Crippen LogP contribution in [0.25, 0.3) is 0 Å². The summed E-state index contributed by atoms with van der Waals surface area (Å²) < 4.78 is 0.410. The van der Waals surface area contributed by atoms with E-state index >= 15 is 0 Å². The number of rotatable bonds is 5. The Morgan fingerprint density at radius 3 is 2.48 bits per heavy atom. The van der Waals surface area contributed by atoms with Crippen LogP contribution in [-0.4, -0.2) is 42.1 Å².